The third-order valence-electron chi connectivity index (χ3n) is 3.74. The second-order valence-corrected chi connectivity index (χ2v) is 6.66. The summed E-state index contributed by atoms with van der Waals surface area (Å²) >= 11 is 0. The van der Waals surface area contributed by atoms with E-state index in [0.29, 0.717) is 18.2 Å². The molecule has 0 fully saturated rings. The normalized spacial score (nSPS) is 11.2. The second kappa shape index (κ2) is 10.2. The first-order valence-electron chi connectivity index (χ1n) is 9.02. The Morgan fingerprint density at radius 2 is 1.70 bits per heavy atom. The van der Waals surface area contributed by atoms with E-state index < -0.39 is 0 Å². The van der Waals surface area contributed by atoms with Gasteiger partial charge in [-0.05, 0) is 48.2 Å². The van der Waals surface area contributed by atoms with Gasteiger partial charge in [-0.25, -0.2) is 0 Å². The predicted octanol–water partition coefficient (Wildman–Crippen LogP) is 4.23. The molecule has 0 saturated heterocycles. The van der Waals surface area contributed by atoms with Crippen molar-refractivity contribution in [2.45, 2.75) is 27.2 Å². The lowest BCUT2D eigenvalue weighted by Gasteiger charge is -2.11. The van der Waals surface area contributed by atoms with Crippen molar-refractivity contribution in [2.75, 3.05) is 11.9 Å². The van der Waals surface area contributed by atoms with Gasteiger partial charge in [0.2, 0.25) is 5.91 Å². The minimum Gasteiger partial charge on any atom is -0.494 e. The molecule has 27 heavy (non-hydrogen) atoms. The van der Waals surface area contributed by atoms with Crippen molar-refractivity contribution in [3.63, 3.8) is 0 Å². The molecule has 2 amide bonds. The summed E-state index contributed by atoms with van der Waals surface area (Å²) in [6, 6.07) is 16.5. The van der Waals surface area contributed by atoms with E-state index in [2.05, 4.69) is 24.5 Å². The van der Waals surface area contributed by atoms with E-state index in [0.717, 1.165) is 17.7 Å². The van der Waals surface area contributed by atoms with Gasteiger partial charge in [0, 0.05) is 12.6 Å². The average molecular weight is 366 g/mol. The molecule has 0 radical (unpaired) electrons. The Balaban J connectivity index is 2.04. The van der Waals surface area contributed by atoms with Crippen LogP contribution in [-0.2, 0) is 9.59 Å². The van der Waals surface area contributed by atoms with Gasteiger partial charge in [0.1, 0.15) is 11.4 Å². The van der Waals surface area contributed by atoms with Crippen LogP contribution in [0.15, 0.2) is 60.3 Å². The fraction of sp³-hybridized carbons (Fsp3) is 0.273. The number of nitrogens with one attached hydrogen (secondary N) is 2. The summed E-state index contributed by atoms with van der Waals surface area (Å²) in [6.45, 7) is 6.33. The van der Waals surface area contributed by atoms with Crippen molar-refractivity contribution in [1.82, 2.24) is 5.32 Å². The van der Waals surface area contributed by atoms with Crippen LogP contribution < -0.4 is 15.4 Å². The van der Waals surface area contributed by atoms with Crippen LogP contribution in [0.4, 0.5) is 5.69 Å². The van der Waals surface area contributed by atoms with Gasteiger partial charge in [-0.15, -0.1) is 0 Å². The van der Waals surface area contributed by atoms with Crippen molar-refractivity contribution in [3.8, 4) is 5.75 Å². The molecule has 0 atom stereocenters. The van der Waals surface area contributed by atoms with Crippen LogP contribution in [0, 0.1) is 5.92 Å². The first-order valence-corrected chi connectivity index (χ1v) is 9.02. The Bertz CT molecular complexity index is 781. The Morgan fingerprint density at radius 1 is 1.04 bits per heavy atom. The molecule has 5 heteroatoms. The van der Waals surface area contributed by atoms with E-state index in [4.69, 9.17) is 4.74 Å². The Labute approximate surface area is 160 Å². The number of amides is 2. The highest BCUT2D eigenvalue weighted by Gasteiger charge is 2.12. The smallest absolute Gasteiger partial charge is 0.272 e. The number of carbonyl (C=O) groups is 2. The summed E-state index contributed by atoms with van der Waals surface area (Å²) in [4.78, 5) is 24.0. The van der Waals surface area contributed by atoms with Crippen molar-refractivity contribution >= 4 is 23.6 Å². The fourth-order valence-electron chi connectivity index (χ4n) is 2.31. The third-order valence-corrected chi connectivity index (χ3v) is 3.74. The number of anilines is 1. The maximum absolute atomic E-state index is 12.6. The monoisotopic (exact) mass is 366 g/mol. The van der Waals surface area contributed by atoms with Gasteiger partial charge >= 0.3 is 0 Å². The molecule has 0 spiro atoms. The molecule has 2 N–H and O–H groups in total. The summed E-state index contributed by atoms with van der Waals surface area (Å²) < 4.78 is 5.67. The van der Waals surface area contributed by atoms with Gasteiger partial charge in [-0.1, -0.05) is 44.2 Å². The van der Waals surface area contributed by atoms with Crippen LogP contribution in [0.1, 0.15) is 32.8 Å². The zero-order valence-corrected chi connectivity index (χ0v) is 16.0. The van der Waals surface area contributed by atoms with Gasteiger partial charge in [-0.2, -0.15) is 0 Å². The number of hydrogen-bond acceptors (Lipinski definition) is 3. The molecule has 0 aliphatic carbocycles. The maximum Gasteiger partial charge on any atom is 0.272 e. The predicted molar refractivity (Wildman–Crippen MR) is 108 cm³/mol. The van der Waals surface area contributed by atoms with Gasteiger partial charge in [0.15, 0.2) is 0 Å². The van der Waals surface area contributed by atoms with Crippen molar-refractivity contribution < 1.29 is 14.3 Å². The average Bonchev–Trinajstić information content (AvgIpc) is 2.63. The lowest BCUT2D eigenvalue weighted by molar-refractivity contribution is -0.120. The molecule has 142 valence electrons. The lowest BCUT2D eigenvalue weighted by atomic mass is 10.1. The Hall–Kier alpha value is -3.08. The van der Waals surface area contributed by atoms with Crippen LogP contribution in [-0.4, -0.2) is 18.4 Å². The Morgan fingerprint density at radius 3 is 2.30 bits per heavy atom. The van der Waals surface area contributed by atoms with Crippen LogP contribution in [0.3, 0.4) is 0 Å². The van der Waals surface area contributed by atoms with Gasteiger partial charge in [0.25, 0.3) is 5.91 Å². The lowest BCUT2D eigenvalue weighted by Crippen LogP contribution is -2.28. The summed E-state index contributed by atoms with van der Waals surface area (Å²) in [5.41, 5.74) is 1.64. The van der Waals surface area contributed by atoms with Crippen LogP contribution in [0.5, 0.6) is 5.75 Å². The van der Waals surface area contributed by atoms with Gasteiger partial charge in [-0.3, -0.25) is 9.59 Å². The maximum atomic E-state index is 12.6. The van der Waals surface area contributed by atoms with Crippen LogP contribution in [0.25, 0.3) is 6.08 Å². The molecule has 2 aromatic carbocycles. The quantitative estimate of drug-likeness (QED) is 0.687. The number of carbonyl (C=O) groups excluding carboxylic acids is 2. The molecule has 0 heterocycles. The minimum absolute atomic E-state index is 0.186. The largest absolute Gasteiger partial charge is 0.494 e. The van der Waals surface area contributed by atoms with Crippen LogP contribution in [0.2, 0.25) is 0 Å². The topological polar surface area (TPSA) is 67.4 Å². The number of rotatable bonds is 8. The fourth-order valence-corrected chi connectivity index (χ4v) is 2.31. The molecular weight excluding hydrogens is 340 g/mol. The van der Waals surface area contributed by atoms with E-state index in [-0.39, 0.29) is 17.5 Å². The molecule has 5 nitrogen and oxygen atoms in total. The first-order chi connectivity index (χ1) is 12.9. The van der Waals surface area contributed by atoms with Crippen LogP contribution >= 0.6 is 0 Å². The number of ether oxygens (including phenoxy) is 1. The van der Waals surface area contributed by atoms with Crippen molar-refractivity contribution in [2.24, 2.45) is 5.92 Å². The highest BCUT2D eigenvalue weighted by Crippen LogP contribution is 2.17. The summed E-state index contributed by atoms with van der Waals surface area (Å²) in [5, 5.41) is 5.38. The molecule has 0 aliphatic heterocycles. The molecule has 2 rings (SSSR count). The SMILES string of the molecule is CC(=O)NC(=Cc1ccccc1)C(=O)Nc1ccc(OCCC(C)C)cc1. The molecule has 0 unspecified atom stereocenters. The van der Waals surface area contributed by atoms with E-state index in [1.807, 2.05) is 42.5 Å². The third kappa shape index (κ3) is 7.36. The molecule has 0 saturated carbocycles. The van der Waals surface area contributed by atoms with Crippen molar-refractivity contribution in [1.29, 1.82) is 0 Å². The van der Waals surface area contributed by atoms with Crippen molar-refractivity contribution in [3.05, 3.63) is 65.9 Å². The minimum atomic E-state index is -0.387. The summed E-state index contributed by atoms with van der Waals surface area (Å²) in [5.74, 6) is 0.659. The van der Waals surface area contributed by atoms with Gasteiger partial charge in [0.05, 0.1) is 6.61 Å². The summed E-state index contributed by atoms with van der Waals surface area (Å²) in [6.07, 6.45) is 2.63. The number of hydrogen-bond donors (Lipinski definition) is 2. The zero-order valence-electron chi connectivity index (χ0n) is 16.0. The molecule has 0 aliphatic rings. The standard InChI is InChI=1S/C22H26N2O3/c1-16(2)13-14-27-20-11-9-19(10-12-20)24-22(26)21(23-17(3)25)15-18-7-5-4-6-8-18/h4-12,15-16H,13-14H2,1-3H3,(H,23,25)(H,24,26). The number of benzene rings is 2. The van der Waals surface area contributed by atoms with E-state index >= 15 is 0 Å². The van der Waals surface area contributed by atoms with Gasteiger partial charge < -0.3 is 15.4 Å². The zero-order chi connectivity index (χ0) is 19.6. The second-order valence-electron chi connectivity index (χ2n) is 6.66. The highest BCUT2D eigenvalue weighted by atomic mass is 16.5. The molecule has 0 aromatic heterocycles. The molecular formula is C22H26N2O3. The molecule has 0 bridgehead atoms. The highest BCUT2D eigenvalue weighted by molar-refractivity contribution is 6.08. The summed E-state index contributed by atoms with van der Waals surface area (Å²) in [7, 11) is 0. The van der Waals surface area contributed by atoms with E-state index in [1.54, 1.807) is 18.2 Å². The Kier molecular flexibility index (Phi) is 7.62. The molecule has 2 aromatic rings. The van der Waals surface area contributed by atoms with E-state index in [9.17, 15) is 9.59 Å². The van der Waals surface area contributed by atoms with E-state index in [1.165, 1.54) is 6.92 Å². The first kappa shape index (κ1) is 20.2.